The number of aromatic nitrogens is 4. The zero-order valence-corrected chi connectivity index (χ0v) is 19.4. The van der Waals surface area contributed by atoms with Crippen LogP contribution in [0.5, 0.6) is 0 Å². The van der Waals surface area contributed by atoms with E-state index < -0.39 is 0 Å². The van der Waals surface area contributed by atoms with E-state index in [0.717, 1.165) is 28.1 Å². The summed E-state index contributed by atoms with van der Waals surface area (Å²) in [7, 11) is 0. The maximum Gasteiger partial charge on any atom is 0.251 e. The fraction of sp³-hybridized carbons (Fsp3) is 0.185. The third-order valence-corrected chi connectivity index (χ3v) is 6.17. The number of aryl methyl sites for hydroxylation is 3. The van der Waals surface area contributed by atoms with Crippen LogP contribution in [0, 0.1) is 20.8 Å². The quantitative estimate of drug-likeness (QED) is 0.478. The molecule has 170 valence electrons. The van der Waals surface area contributed by atoms with E-state index in [1.807, 2.05) is 48.2 Å². The number of nitrogens with zero attached hydrogens (tertiary/aromatic N) is 5. The smallest absolute Gasteiger partial charge is 0.251 e. The number of hydrogen-bond donors (Lipinski definition) is 1. The molecule has 1 amide bonds. The number of nitrogens with one attached hydrogen (secondary N) is 1. The molecule has 1 aromatic heterocycles. The van der Waals surface area contributed by atoms with Gasteiger partial charge in [-0.25, -0.2) is 0 Å². The predicted octanol–water partition coefficient (Wildman–Crippen LogP) is 4.69. The third-order valence-electron chi connectivity index (χ3n) is 6.17. The first-order chi connectivity index (χ1) is 16.5. The third kappa shape index (κ3) is 4.20. The van der Waals surface area contributed by atoms with Crippen LogP contribution in [-0.4, -0.2) is 32.7 Å². The topological polar surface area (TPSA) is 75.9 Å². The van der Waals surface area contributed by atoms with Crippen molar-refractivity contribution in [1.29, 1.82) is 0 Å². The number of amides is 1. The highest BCUT2D eigenvalue weighted by Gasteiger charge is 2.31. The molecule has 0 saturated carbocycles. The predicted molar refractivity (Wildman–Crippen MR) is 133 cm³/mol. The maximum absolute atomic E-state index is 13.1. The summed E-state index contributed by atoms with van der Waals surface area (Å²) in [6.45, 7) is 6.22. The summed E-state index contributed by atoms with van der Waals surface area (Å²) in [6.07, 6.45) is 2.12. The van der Waals surface area contributed by atoms with Crippen molar-refractivity contribution >= 4 is 23.2 Å². The minimum absolute atomic E-state index is 0.0779. The number of fused-ring (bicyclic) bond motifs is 1. The molecule has 0 radical (unpaired) electrons. The van der Waals surface area contributed by atoms with Crippen LogP contribution in [0.15, 0.2) is 78.9 Å². The van der Waals surface area contributed by atoms with Gasteiger partial charge in [0.25, 0.3) is 5.95 Å². The molecule has 0 fully saturated rings. The van der Waals surface area contributed by atoms with Gasteiger partial charge in [0.2, 0.25) is 5.91 Å². The Balaban J connectivity index is 1.52. The Hall–Kier alpha value is -4.26. The summed E-state index contributed by atoms with van der Waals surface area (Å²) in [5.74, 6) is 0.385. The van der Waals surface area contributed by atoms with E-state index >= 15 is 0 Å². The average molecular weight is 451 g/mol. The van der Waals surface area contributed by atoms with E-state index in [-0.39, 0.29) is 18.5 Å². The number of hydrogen-bond acceptors (Lipinski definition) is 5. The highest BCUT2D eigenvalue weighted by molar-refractivity contribution is 5.97. The normalized spacial score (nSPS) is 15.0. The molecule has 0 bridgehead atoms. The van der Waals surface area contributed by atoms with Crippen molar-refractivity contribution in [2.45, 2.75) is 26.8 Å². The van der Waals surface area contributed by atoms with Gasteiger partial charge in [-0.3, -0.25) is 9.69 Å². The van der Waals surface area contributed by atoms with Gasteiger partial charge in [0.15, 0.2) is 0 Å². The monoisotopic (exact) mass is 450 g/mol. The highest BCUT2D eigenvalue weighted by Crippen LogP contribution is 2.36. The lowest BCUT2D eigenvalue weighted by atomic mass is 10.00. The molecule has 0 saturated heterocycles. The van der Waals surface area contributed by atoms with Crippen LogP contribution >= 0.6 is 0 Å². The van der Waals surface area contributed by atoms with Gasteiger partial charge in [-0.2, -0.15) is 4.68 Å². The number of anilines is 2. The fourth-order valence-electron chi connectivity index (χ4n) is 4.15. The molecule has 3 aromatic carbocycles. The van der Waals surface area contributed by atoms with E-state index in [1.54, 1.807) is 4.68 Å². The van der Waals surface area contributed by atoms with Crippen LogP contribution in [0.2, 0.25) is 0 Å². The standard InChI is InChI=1S/C27H26N6O/c1-18-9-12-22(13-10-18)24-16-25(21-7-5-4-6-8-21)33-27(29-30-31-33)32(24)17-26(34)28-23-14-11-19(2)20(3)15-23/h4-16,25H,17H2,1-3H3,(H,28,34). The van der Waals surface area contributed by atoms with E-state index in [9.17, 15) is 4.79 Å². The Morgan fingerprint density at radius 3 is 2.44 bits per heavy atom. The lowest BCUT2D eigenvalue weighted by Gasteiger charge is -2.32. The lowest BCUT2D eigenvalue weighted by Crippen LogP contribution is -2.37. The van der Waals surface area contributed by atoms with Crippen LogP contribution < -0.4 is 10.2 Å². The summed E-state index contributed by atoms with van der Waals surface area (Å²) >= 11 is 0. The number of tetrazole rings is 1. The molecular weight excluding hydrogens is 424 g/mol. The highest BCUT2D eigenvalue weighted by atomic mass is 16.2. The molecule has 2 heterocycles. The molecular formula is C27H26N6O. The van der Waals surface area contributed by atoms with E-state index in [1.165, 1.54) is 11.1 Å². The summed E-state index contributed by atoms with van der Waals surface area (Å²) in [4.78, 5) is 15.0. The number of rotatable bonds is 5. The summed E-state index contributed by atoms with van der Waals surface area (Å²) < 4.78 is 1.76. The first-order valence-corrected chi connectivity index (χ1v) is 11.3. The second kappa shape index (κ2) is 8.94. The van der Waals surface area contributed by atoms with E-state index in [2.05, 4.69) is 77.2 Å². The van der Waals surface area contributed by atoms with Crippen molar-refractivity contribution in [2.75, 3.05) is 16.8 Å². The second-order valence-corrected chi connectivity index (χ2v) is 8.63. The largest absolute Gasteiger partial charge is 0.325 e. The molecule has 34 heavy (non-hydrogen) atoms. The van der Waals surface area contributed by atoms with Gasteiger partial charge in [0.1, 0.15) is 12.6 Å². The molecule has 1 aliphatic heterocycles. The van der Waals surface area contributed by atoms with Crippen molar-refractivity contribution in [1.82, 2.24) is 20.2 Å². The van der Waals surface area contributed by atoms with Gasteiger partial charge in [-0.15, -0.1) is 0 Å². The Morgan fingerprint density at radius 1 is 0.941 bits per heavy atom. The summed E-state index contributed by atoms with van der Waals surface area (Å²) in [6, 6.07) is 24.1. The Kier molecular flexibility index (Phi) is 5.67. The van der Waals surface area contributed by atoms with Crippen LogP contribution in [0.4, 0.5) is 11.6 Å². The molecule has 7 nitrogen and oxygen atoms in total. The summed E-state index contributed by atoms with van der Waals surface area (Å²) in [5.41, 5.74) is 7.22. The van der Waals surface area contributed by atoms with Gasteiger partial charge in [-0.05, 0) is 71.7 Å². The average Bonchev–Trinajstić information content (AvgIpc) is 3.33. The molecule has 1 atom stereocenters. The Bertz CT molecular complexity index is 1360. The Labute approximate surface area is 198 Å². The van der Waals surface area contributed by atoms with Crippen LogP contribution in [0.1, 0.15) is 33.9 Å². The lowest BCUT2D eigenvalue weighted by molar-refractivity contribution is -0.114. The van der Waals surface area contributed by atoms with E-state index in [0.29, 0.717) is 5.95 Å². The van der Waals surface area contributed by atoms with Crippen molar-refractivity contribution in [3.8, 4) is 0 Å². The van der Waals surface area contributed by atoms with Crippen LogP contribution in [0.25, 0.3) is 5.70 Å². The molecule has 0 aliphatic carbocycles. The zero-order valence-electron chi connectivity index (χ0n) is 19.4. The fourth-order valence-corrected chi connectivity index (χ4v) is 4.15. The van der Waals surface area contributed by atoms with Gasteiger partial charge in [0.05, 0.1) is 5.70 Å². The van der Waals surface area contributed by atoms with Gasteiger partial charge >= 0.3 is 0 Å². The summed E-state index contributed by atoms with van der Waals surface area (Å²) in [5, 5.41) is 15.5. The van der Waals surface area contributed by atoms with Gasteiger partial charge in [-0.1, -0.05) is 71.3 Å². The second-order valence-electron chi connectivity index (χ2n) is 8.63. The minimum Gasteiger partial charge on any atom is -0.325 e. The molecule has 1 N–H and O–H groups in total. The molecule has 1 aliphatic rings. The SMILES string of the molecule is Cc1ccc(C2=CC(c3ccccc3)n3nnnc3N2CC(=O)Nc2ccc(C)c(C)c2)cc1. The number of carbonyl (C=O) groups excluding carboxylic acids is 1. The van der Waals surface area contributed by atoms with Crippen LogP contribution in [0.3, 0.4) is 0 Å². The van der Waals surface area contributed by atoms with Crippen LogP contribution in [-0.2, 0) is 4.79 Å². The number of allylic oxidation sites excluding steroid dienone is 1. The molecule has 1 unspecified atom stereocenters. The molecule has 0 spiro atoms. The van der Waals surface area contributed by atoms with Crippen molar-refractivity contribution in [2.24, 2.45) is 0 Å². The van der Waals surface area contributed by atoms with Gasteiger partial charge in [0, 0.05) is 5.69 Å². The maximum atomic E-state index is 13.1. The first-order valence-electron chi connectivity index (χ1n) is 11.3. The number of benzene rings is 3. The Morgan fingerprint density at radius 2 is 1.71 bits per heavy atom. The minimum atomic E-state index is -0.179. The van der Waals surface area contributed by atoms with Gasteiger partial charge < -0.3 is 5.32 Å². The molecule has 4 aromatic rings. The van der Waals surface area contributed by atoms with Crippen molar-refractivity contribution in [3.05, 3.63) is 107 Å². The zero-order chi connectivity index (χ0) is 23.7. The molecule has 5 rings (SSSR count). The van der Waals surface area contributed by atoms with Crippen molar-refractivity contribution < 1.29 is 4.79 Å². The van der Waals surface area contributed by atoms with E-state index in [4.69, 9.17) is 0 Å². The van der Waals surface area contributed by atoms with Crippen molar-refractivity contribution in [3.63, 3.8) is 0 Å². The first kappa shape index (κ1) is 21.6. The molecule has 7 heteroatoms. The number of carbonyl (C=O) groups is 1.